The molecule has 1 spiro atoms. The lowest BCUT2D eigenvalue weighted by molar-refractivity contribution is -0.139. The molecule has 2 fully saturated rings. The third-order valence-electron chi connectivity index (χ3n) is 5.95. The normalized spacial score (nSPS) is 17.7. The second kappa shape index (κ2) is 8.59. The first-order valence-electron chi connectivity index (χ1n) is 10.2. The molecule has 4 rings (SSSR count). The molecule has 2 aromatic rings. The van der Waals surface area contributed by atoms with Gasteiger partial charge in [0.15, 0.2) is 6.61 Å². The second-order valence-corrected chi connectivity index (χ2v) is 8.34. The first-order valence-corrected chi connectivity index (χ1v) is 10.6. The third-order valence-corrected chi connectivity index (χ3v) is 6.32. The Hall–Kier alpha value is -3.06. The van der Waals surface area contributed by atoms with Crippen molar-refractivity contribution < 1.29 is 19.1 Å². The highest BCUT2D eigenvalue weighted by atomic mass is 35.5. The molecule has 4 amide bonds. The van der Waals surface area contributed by atoms with Gasteiger partial charge < -0.3 is 15.0 Å². The van der Waals surface area contributed by atoms with Crippen molar-refractivity contribution >= 4 is 29.4 Å². The number of rotatable bonds is 5. The molecule has 1 N–H and O–H groups in total. The average Bonchev–Trinajstić information content (AvgIpc) is 2.99. The number of nitrogens with one attached hydrogen (secondary N) is 1. The van der Waals surface area contributed by atoms with Crippen molar-refractivity contribution in [3.05, 3.63) is 64.7 Å². The predicted octanol–water partition coefficient (Wildman–Crippen LogP) is 3.14. The van der Waals surface area contributed by atoms with E-state index in [1.807, 2.05) is 37.3 Å². The van der Waals surface area contributed by atoms with Gasteiger partial charge >= 0.3 is 6.03 Å². The summed E-state index contributed by atoms with van der Waals surface area (Å²) in [5, 5.41) is 3.37. The summed E-state index contributed by atoms with van der Waals surface area (Å²) in [5.41, 5.74) is 0.711. The molecular formula is C23H24ClN3O4. The lowest BCUT2D eigenvalue weighted by Crippen LogP contribution is -2.56. The molecule has 2 aliphatic heterocycles. The Kier molecular flexibility index (Phi) is 5.87. The van der Waals surface area contributed by atoms with E-state index in [1.165, 1.54) is 4.90 Å². The van der Waals surface area contributed by atoms with Gasteiger partial charge in [-0.25, -0.2) is 4.79 Å². The topological polar surface area (TPSA) is 79.0 Å². The lowest BCUT2D eigenvalue weighted by atomic mass is 9.87. The number of hydrogen-bond acceptors (Lipinski definition) is 4. The van der Waals surface area contributed by atoms with E-state index in [-0.39, 0.29) is 25.0 Å². The Morgan fingerprint density at radius 2 is 1.77 bits per heavy atom. The average molecular weight is 442 g/mol. The maximum Gasteiger partial charge on any atom is 0.325 e. The van der Waals surface area contributed by atoms with E-state index in [9.17, 15) is 14.4 Å². The second-order valence-electron chi connectivity index (χ2n) is 7.93. The number of aryl methyl sites for hydroxylation is 1. The minimum atomic E-state index is -0.966. The molecule has 8 heteroatoms. The van der Waals surface area contributed by atoms with Crippen LogP contribution in [0.4, 0.5) is 4.79 Å². The summed E-state index contributed by atoms with van der Waals surface area (Å²) in [5.74, 6) is 0.279. The Morgan fingerprint density at radius 1 is 1.10 bits per heavy atom. The zero-order chi connectivity index (χ0) is 22.0. The minimum Gasteiger partial charge on any atom is -0.484 e. The molecular weight excluding hydrogens is 418 g/mol. The van der Waals surface area contributed by atoms with Crippen LogP contribution in [-0.2, 0) is 16.1 Å². The molecule has 0 saturated carbocycles. The van der Waals surface area contributed by atoms with Crippen LogP contribution < -0.4 is 10.1 Å². The fourth-order valence-corrected chi connectivity index (χ4v) is 4.24. The maximum atomic E-state index is 13.1. The molecule has 0 atom stereocenters. The fourth-order valence-electron chi connectivity index (χ4n) is 4.04. The van der Waals surface area contributed by atoms with Crippen LogP contribution in [0.5, 0.6) is 5.75 Å². The molecule has 2 aromatic carbocycles. The molecule has 0 aliphatic carbocycles. The number of imide groups is 1. The van der Waals surface area contributed by atoms with E-state index in [4.69, 9.17) is 16.3 Å². The van der Waals surface area contributed by atoms with Crippen molar-refractivity contribution in [1.29, 1.82) is 0 Å². The lowest BCUT2D eigenvalue weighted by Gasteiger charge is -2.37. The summed E-state index contributed by atoms with van der Waals surface area (Å²) in [4.78, 5) is 41.1. The van der Waals surface area contributed by atoms with Crippen LogP contribution in [0.25, 0.3) is 0 Å². The highest BCUT2D eigenvalue weighted by molar-refractivity contribution is 6.31. The first kappa shape index (κ1) is 21.2. The van der Waals surface area contributed by atoms with Gasteiger partial charge in [-0.3, -0.25) is 14.5 Å². The number of hydrogen-bond donors (Lipinski definition) is 1. The Morgan fingerprint density at radius 3 is 2.48 bits per heavy atom. The number of likely N-dealkylation sites (tertiary alicyclic amines) is 1. The maximum absolute atomic E-state index is 13.1. The SMILES string of the molecule is Cc1ccccc1OCC(=O)N1CCC2(CC1)NC(=O)N(Cc1ccccc1Cl)C2=O. The molecule has 0 unspecified atom stereocenters. The molecule has 2 heterocycles. The van der Waals surface area contributed by atoms with Crippen molar-refractivity contribution in [2.75, 3.05) is 19.7 Å². The van der Waals surface area contributed by atoms with Crippen LogP contribution >= 0.6 is 11.6 Å². The molecule has 0 bridgehead atoms. The highest BCUT2D eigenvalue weighted by Crippen LogP contribution is 2.31. The first-order chi connectivity index (χ1) is 14.9. The van der Waals surface area contributed by atoms with Crippen LogP contribution in [0.1, 0.15) is 24.0 Å². The quantitative estimate of drug-likeness (QED) is 0.723. The number of carbonyl (C=O) groups excluding carboxylic acids is 3. The van der Waals surface area contributed by atoms with E-state index in [0.29, 0.717) is 42.3 Å². The van der Waals surface area contributed by atoms with E-state index in [1.54, 1.807) is 23.1 Å². The molecule has 2 aliphatic rings. The number of halogens is 1. The molecule has 0 radical (unpaired) electrons. The monoisotopic (exact) mass is 441 g/mol. The van der Waals surface area contributed by atoms with Crippen LogP contribution in [0, 0.1) is 6.92 Å². The Balaban J connectivity index is 1.35. The summed E-state index contributed by atoms with van der Waals surface area (Å²) in [7, 11) is 0. The van der Waals surface area contributed by atoms with Crippen molar-refractivity contribution in [3.8, 4) is 5.75 Å². The summed E-state index contributed by atoms with van der Waals surface area (Å²) in [6.45, 7) is 2.74. The van der Waals surface area contributed by atoms with Gasteiger partial charge in [-0.15, -0.1) is 0 Å². The van der Waals surface area contributed by atoms with Gasteiger partial charge in [0.2, 0.25) is 0 Å². The van der Waals surface area contributed by atoms with Crippen molar-refractivity contribution in [3.63, 3.8) is 0 Å². The van der Waals surface area contributed by atoms with Crippen molar-refractivity contribution in [2.45, 2.75) is 31.8 Å². The number of carbonyl (C=O) groups is 3. The van der Waals surface area contributed by atoms with E-state index in [0.717, 1.165) is 5.56 Å². The molecule has 31 heavy (non-hydrogen) atoms. The van der Waals surface area contributed by atoms with Gasteiger partial charge in [-0.1, -0.05) is 48.0 Å². The molecule has 0 aromatic heterocycles. The van der Waals surface area contributed by atoms with Gasteiger partial charge in [0, 0.05) is 18.1 Å². The van der Waals surface area contributed by atoms with Gasteiger partial charge in [-0.05, 0) is 43.0 Å². The standard InChI is InChI=1S/C23H24ClN3O4/c1-16-6-2-5-9-19(16)31-15-20(28)26-12-10-23(11-13-26)21(29)27(22(30)25-23)14-17-7-3-4-8-18(17)24/h2-9H,10-15H2,1H3,(H,25,30). The fraction of sp³-hybridized carbons (Fsp3) is 0.348. The van der Waals surface area contributed by atoms with Crippen molar-refractivity contribution in [1.82, 2.24) is 15.1 Å². The smallest absolute Gasteiger partial charge is 0.325 e. The number of nitrogens with zero attached hydrogens (tertiary/aromatic N) is 2. The Labute approximate surface area is 185 Å². The zero-order valence-electron chi connectivity index (χ0n) is 17.3. The zero-order valence-corrected chi connectivity index (χ0v) is 18.0. The third kappa shape index (κ3) is 4.23. The van der Waals surface area contributed by atoms with Crippen molar-refractivity contribution in [2.24, 2.45) is 0 Å². The predicted molar refractivity (Wildman–Crippen MR) is 116 cm³/mol. The van der Waals surface area contributed by atoms with Gasteiger partial charge in [0.1, 0.15) is 11.3 Å². The molecule has 7 nitrogen and oxygen atoms in total. The van der Waals surface area contributed by atoms with E-state index < -0.39 is 11.6 Å². The Bertz CT molecular complexity index is 1020. The number of para-hydroxylation sites is 1. The van der Waals surface area contributed by atoms with Gasteiger partial charge in [0.25, 0.3) is 11.8 Å². The van der Waals surface area contributed by atoms with Crippen LogP contribution in [0.15, 0.2) is 48.5 Å². The van der Waals surface area contributed by atoms with Gasteiger partial charge in [0.05, 0.1) is 6.54 Å². The number of urea groups is 1. The number of piperidine rings is 1. The van der Waals surface area contributed by atoms with Crippen LogP contribution in [-0.4, -0.2) is 52.9 Å². The van der Waals surface area contributed by atoms with E-state index >= 15 is 0 Å². The summed E-state index contributed by atoms with van der Waals surface area (Å²) >= 11 is 6.19. The molecule has 162 valence electrons. The summed E-state index contributed by atoms with van der Waals surface area (Å²) in [6.07, 6.45) is 0.736. The van der Waals surface area contributed by atoms with E-state index in [2.05, 4.69) is 5.32 Å². The highest BCUT2D eigenvalue weighted by Gasteiger charge is 2.52. The van der Waals surface area contributed by atoms with Crippen LogP contribution in [0.3, 0.4) is 0 Å². The summed E-state index contributed by atoms with van der Waals surface area (Å²) in [6, 6.07) is 14.2. The number of ether oxygens (including phenoxy) is 1. The minimum absolute atomic E-state index is 0.0587. The summed E-state index contributed by atoms with van der Waals surface area (Å²) < 4.78 is 5.65. The number of benzene rings is 2. The number of amides is 4. The molecule has 2 saturated heterocycles. The van der Waals surface area contributed by atoms with Crippen LogP contribution in [0.2, 0.25) is 5.02 Å². The largest absolute Gasteiger partial charge is 0.484 e. The van der Waals surface area contributed by atoms with Gasteiger partial charge in [-0.2, -0.15) is 0 Å².